The van der Waals surface area contributed by atoms with E-state index in [2.05, 4.69) is 12.2 Å². The van der Waals surface area contributed by atoms with E-state index in [0.29, 0.717) is 12.8 Å². The van der Waals surface area contributed by atoms with E-state index >= 15 is 0 Å². The first-order valence-corrected chi connectivity index (χ1v) is 8.23. The van der Waals surface area contributed by atoms with Crippen LogP contribution in [0, 0.1) is 0 Å². The lowest BCUT2D eigenvalue weighted by Gasteiger charge is -2.22. The summed E-state index contributed by atoms with van der Waals surface area (Å²) in [4.78, 5) is 11.6. The van der Waals surface area contributed by atoms with Crippen LogP contribution >= 0.6 is 0 Å². The average Bonchev–Trinajstić information content (AvgIpc) is 2.45. The van der Waals surface area contributed by atoms with Crippen molar-refractivity contribution in [2.75, 3.05) is 6.61 Å². The highest BCUT2D eigenvalue weighted by atomic mass is 16.3. The molecule has 4 nitrogen and oxygen atoms in total. The van der Waals surface area contributed by atoms with Gasteiger partial charge in [-0.2, -0.15) is 0 Å². The van der Waals surface area contributed by atoms with Crippen molar-refractivity contribution < 1.29 is 15.0 Å². The van der Waals surface area contributed by atoms with Gasteiger partial charge in [-0.25, -0.2) is 0 Å². The topological polar surface area (TPSA) is 69.6 Å². The minimum absolute atomic E-state index is 0.0760. The summed E-state index contributed by atoms with van der Waals surface area (Å²) in [6.45, 7) is 4.02. The molecule has 0 aromatic rings. The predicted octanol–water partition coefficient (Wildman–Crippen LogP) is 2.77. The second-order valence-corrected chi connectivity index (χ2v) is 5.58. The first-order valence-electron chi connectivity index (χ1n) is 8.23. The molecule has 20 heavy (non-hydrogen) atoms. The smallest absolute Gasteiger partial charge is 0.220 e. The molecule has 2 atom stereocenters. The van der Waals surface area contributed by atoms with Crippen molar-refractivity contribution in [1.82, 2.24) is 5.32 Å². The molecular formula is C16H33NO3. The van der Waals surface area contributed by atoms with E-state index in [1.165, 1.54) is 25.7 Å². The van der Waals surface area contributed by atoms with Crippen LogP contribution in [0.5, 0.6) is 0 Å². The number of rotatable bonds is 13. The molecule has 0 aliphatic rings. The van der Waals surface area contributed by atoms with Crippen molar-refractivity contribution in [3.63, 3.8) is 0 Å². The van der Waals surface area contributed by atoms with Gasteiger partial charge < -0.3 is 15.5 Å². The molecule has 0 bridgehead atoms. The highest BCUT2D eigenvalue weighted by Crippen LogP contribution is 2.10. The summed E-state index contributed by atoms with van der Waals surface area (Å²) in [5, 5.41) is 22.0. The summed E-state index contributed by atoms with van der Waals surface area (Å²) in [6, 6.07) is -0.519. The maximum atomic E-state index is 11.6. The number of carbonyl (C=O) groups is 1. The summed E-state index contributed by atoms with van der Waals surface area (Å²) in [7, 11) is 0. The molecule has 0 heterocycles. The lowest BCUT2D eigenvalue weighted by molar-refractivity contribution is -0.123. The molecule has 0 saturated heterocycles. The number of aliphatic hydroxyl groups excluding tert-OH is 2. The Bertz CT molecular complexity index is 234. The van der Waals surface area contributed by atoms with Gasteiger partial charge in [0.25, 0.3) is 0 Å². The zero-order chi connectivity index (χ0) is 15.2. The van der Waals surface area contributed by atoms with Gasteiger partial charge >= 0.3 is 0 Å². The van der Waals surface area contributed by atoms with Gasteiger partial charge in [-0.15, -0.1) is 0 Å². The average molecular weight is 287 g/mol. The number of unbranched alkanes of at least 4 members (excludes halogenated alkanes) is 6. The van der Waals surface area contributed by atoms with Crippen molar-refractivity contribution in [2.45, 2.75) is 90.2 Å². The summed E-state index contributed by atoms with van der Waals surface area (Å²) in [5.74, 6) is -0.0760. The fraction of sp³-hybridized carbons (Fsp3) is 0.938. The van der Waals surface area contributed by atoms with E-state index in [-0.39, 0.29) is 12.5 Å². The Morgan fingerprint density at radius 3 is 2.20 bits per heavy atom. The van der Waals surface area contributed by atoms with Gasteiger partial charge in [0.05, 0.1) is 18.8 Å². The largest absolute Gasteiger partial charge is 0.394 e. The third kappa shape index (κ3) is 10.2. The van der Waals surface area contributed by atoms with Crippen LogP contribution in [0.25, 0.3) is 0 Å². The van der Waals surface area contributed by atoms with Crippen molar-refractivity contribution in [3.05, 3.63) is 0 Å². The molecule has 0 spiro atoms. The molecule has 0 rings (SSSR count). The summed E-state index contributed by atoms with van der Waals surface area (Å²) >= 11 is 0. The summed E-state index contributed by atoms with van der Waals surface area (Å²) in [5.41, 5.74) is 0. The Kier molecular flexibility index (Phi) is 13.0. The lowest BCUT2D eigenvalue weighted by Crippen LogP contribution is -2.45. The summed E-state index contributed by atoms with van der Waals surface area (Å²) in [6.07, 6.45) is 9.31. The fourth-order valence-corrected chi connectivity index (χ4v) is 2.21. The fourth-order valence-electron chi connectivity index (χ4n) is 2.21. The maximum absolute atomic E-state index is 11.6. The summed E-state index contributed by atoms with van der Waals surface area (Å²) < 4.78 is 0. The van der Waals surface area contributed by atoms with Crippen LogP contribution in [0.4, 0.5) is 0 Å². The van der Waals surface area contributed by atoms with E-state index in [9.17, 15) is 15.0 Å². The molecule has 3 N–H and O–H groups in total. The SMILES string of the molecule is CCCCCCCCC(O)C(CO)NC(=O)CCCC. The van der Waals surface area contributed by atoms with E-state index in [0.717, 1.165) is 25.7 Å². The predicted molar refractivity (Wildman–Crippen MR) is 82.5 cm³/mol. The van der Waals surface area contributed by atoms with Crippen LogP contribution in [0.2, 0.25) is 0 Å². The van der Waals surface area contributed by atoms with Crippen LogP contribution in [-0.4, -0.2) is 34.9 Å². The zero-order valence-corrected chi connectivity index (χ0v) is 13.2. The van der Waals surface area contributed by atoms with E-state index in [1.807, 2.05) is 6.92 Å². The molecule has 0 fully saturated rings. The Labute approximate surface area is 124 Å². The van der Waals surface area contributed by atoms with Gasteiger partial charge in [0, 0.05) is 6.42 Å². The van der Waals surface area contributed by atoms with Crippen molar-refractivity contribution in [2.24, 2.45) is 0 Å². The first kappa shape index (κ1) is 19.4. The highest BCUT2D eigenvalue weighted by Gasteiger charge is 2.19. The van der Waals surface area contributed by atoms with Crippen molar-refractivity contribution >= 4 is 5.91 Å². The van der Waals surface area contributed by atoms with Crippen LogP contribution < -0.4 is 5.32 Å². The van der Waals surface area contributed by atoms with Crippen molar-refractivity contribution in [1.29, 1.82) is 0 Å². The normalized spacial score (nSPS) is 14.0. The van der Waals surface area contributed by atoms with Crippen molar-refractivity contribution in [3.8, 4) is 0 Å². The molecule has 2 unspecified atom stereocenters. The monoisotopic (exact) mass is 287 g/mol. The Morgan fingerprint density at radius 2 is 1.60 bits per heavy atom. The zero-order valence-electron chi connectivity index (χ0n) is 13.2. The van der Waals surface area contributed by atoms with Crippen LogP contribution in [-0.2, 0) is 4.79 Å². The maximum Gasteiger partial charge on any atom is 0.220 e. The Hall–Kier alpha value is -0.610. The van der Waals surface area contributed by atoms with Crippen LogP contribution in [0.3, 0.4) is 0 Å². The molecular weight excluding hydrogens is 254 g/mol. The number of hydrogen-bond acceptors (Lipinski definition) is 3. The van der Waals surface area contributed by atoms with Crippen LogP contribution in [0.15, 0.2) is 0 Å². The molecule has 4 heteroatoms. The van der Waals surface area contributed by atoms with Gasteiger partial charge in [0.15, 0.2) is 0 Å². The Morgan fingerprint density at radius 1 is 1.00 bits per heavy atom. The second kappa shape index (κ2) is 13.4. The minimum atomic E-state index is -0.642. The minimum Gasteiger partial charge on any atom is -0.394 e. The number of carbonyl (C=O) groups excluding carboxylic acids is 1. The van der Waals surface area contributed by atoms with Gasteiger partial charge in [-0.1, -0.05) is 58.8 Å². The molecule has 0 radical (unpaired) electrons. The van der Waals surface area contributed by atoms with Gasteiger partial charge in [0.2, 0.25) is 5.91 Å². The van der Waals surface area contributed by atoms with Gasteiger partial charge in [-0.05, 0) is 12.8 Å². The molecule has 0 aromatic carbocycles. The first-order chi connectivity index (χ1) is 9.65. The van der Waals surface area contributed by atoms with Gasteiger partial charge in [-0.3, -0.25) is 4.79 Å². The van der Waals surface area contributed by atoms with E-state index in [1.54, 1.807) is 0 Å². The number of nitrogens with one attached hydrogen (secondary N) is 1. The molecule has 0 aliphatic heterocycles. The third-order valence-electron chi connectivity index (χ3n) is 3.62. The lowest BCUT2D eigenvalue weighted by atomic mass is 10.0. The molecule has 0 saturated carbocycles. The second-order valence-electron chi connectivity index (χ2n) is 5.58. The van der Waals surface area contributed by atoms with E-state index in [4.69, 9.17) is 0 Å². The molecule has 0 aromatic heterocycles. The number of aliphatic hydroxyl groups is 2. The molecule has 120 valence electrons. The number of hydrogen-bond donors (Lipinski definition) is 3. The molecule has 1 amide bonds. The highest BCUT2D eigenvalue weighted by molar-refractivity contribution is 5.76. The quantitative estimate of drug-likeness (QED) is 0.456. The van der Waals surface area contributed by atoms with Gasteiger partial charge in [0.1, 0.15) is 0 Å². The molecule has 0 aliphatic carbocycles. The van der Waals surface area contributed by atoms with Crippen LogP contribution in [0.1, 0.15) is 78.1 Å². The van der Waals surface area contributed by atoms with E-state index < -0.39 is 12.1 Å². The standard InChI is InChI=1S/C16H33NO3/c1-3-5-7-8-9-10-11-15(19)14(13-18)17-16(20)12-6-4-2/h14-15,18-19H,3-13H2,1-2H3,(H,17,20). The third-order valence-corrected chi connectivity index (χ3v) is 3.62. The number of amides is 1. The Balaban J connectivity index is 3.78.